The van der Waals surface area contributed by atoms with Crippen LogP contribution in [0.25, 0.3) is 0 Å². The van der Waals surface area contributed by atoms with Crippen molar-refractivity contribution >= 4 is 5.96 Å². The number of hydrogen-bond donors (Lipinski definition) is 2. The fraction of sp³-hybridized carbons (Fsp3) is 0.850. The Labute approximate surface area is 163 Å². The molecule has 0 unspecified atom stereocenters. The molecule has 1 saturated carbocycles. The maximum absolute atomic E-state index is 4.46. The molecular formula is C20H35N7. The van der Waals surface area contributed by atoms with Gasteiger partial charge in [0.25, 0.3) is 0 Å². The fourth-order valence-electron chi connectivity index (χ4n) is 5.16. The Bertz CT molecular complexity index is 639. The Morgan fingerprint density at radius 2 is 1.74 bits per heavy atom. The van der Waals surface area contributed by atoms with Crippen molar-refractivity contribution in [3.05, 3.63) is 11.6 Å². The molecule has 2 fully saturated rings. The summed E-state index contributed by atoms with van der Waals surface area (Å²) in [6, 6.07) is 0. The molecule has 3 aliphatic rings. The summed E-state index contributed by atoms with van der Waals surface area (Å²) >= 11 is 0. The molecule has 0 bridgehead atoms. The highest BCUT2D eigenvalue weighted by Gasteiger charge is 2.38. The van der Waals surface area contributed by atoms with Crippen LogP contribution in [0, 0.1) is 0 Å². The fourth-order valence-corrected chi connectivity index (χ4v) is 5.16. The van der Waals surface area contributed by atoms with Crippen LogP contribution in [0.1, 0.15) is 69.4 Å². The van der Waals surface area contributed by atoms with Crippen molar-refractivity contribution in [2.24, 2.45) is 4.99 Å². The number of aryl methyl sites for hydroxylation is 1. The first-order valence-electron chi connectivity index (χ1n) is 10.9. The van der Waals surface area contributed by atoms with Crippen LogP contribution >= 0.6 is 0 Å². The average Bonchev–Trinajstić information content (AvgIpc) is 3.34. The lowest BCUT2D eigenvalue weighted by Gasteiger charge is -2.48. The van der Waals surface area contributed by atoms with Gasteiger partial charge in [-0.3, -0.25) is 9.89 Å². The van der Waals surface area contributed by atoms with E-state index in [9.17, 15) is 0 Å². The van der Waals surface area contributed by atoms with Gasteiger partial charge in [-0.15, -0.1) is 10.2 Å². The predicted octanol–water partition coefficient (Wildman–Crippen LogP) is 2.08. The molecule has 1 aliphatic carbocycles. The van der Waals surface area contributed by atoms with Crippen LogP contribution in [0.3, 0.4) is 0 Å². The van der Waals surface area contributed by atoms with Crippen LogP contribution in [0.15, 0.2) is 4.99 Å². The third kappa shape index (κ3) is 4.13. The summed E-state index contributed by atoms with van der Waals surface area (Å²) in [7, 11) is 1.86. The molecule has 7 heteroatoms. The smallest absolute Gasteiger partial charge is 0.191 e. The van der Waals surface area contributed by atoms with E-state index in [1.165, 1.54) is 70.9 Å². The third-order valence-electron chi connectivity index (χ3n) is 6.72. The van der Waals surface area contributed by atoms with E-state index in [0.717, 1.165) is 37.1 Å². The van der Waals surface area contributed by atoms with Crippen molar-refractivity contribution in [2.75, 3.05) is 26.7 Å². The predicted molar refractivity (Wildman–Crippen MR) is 108 cm³/mol. The molecule has 0 spiro atoms. The molecule has 0 atom stereocenters. The molecule has 2 N–H and O–H groups in total. The lowest BCUT2D eigenvalue weighted by molar-refractivity contribution is 0.0368. The van der Waals surface area contributed by atoms with Gasteiger partial charge in [-0.1, -0.05) is 25.7 Å². The molecule has 4 rings (SSSR count). The highest BCUT2D eigenvalue weighted by atomic mass is 15.3. The van der Waals surface area contributed by atoms with Gasteiger partial charge < -0.3 is 15.2 Å². The number of aromatic nitrogens is 3. The van der Waals surface area contributed by atoms with Crippen LogP contribution < -0.4 is 10.6 Å². The SMILES string of the molecule is CN=C(NCc1nnc2n1CCC2)NCC1(N2CCCCC2)CCCCC1. The Hall–Kier alpha value is -1.63. The summed E-state index contributed by atoms with van der Waals surface area (Å²) in [5.74, 6) is 3.03. The number of fused-ring (bicyclic) bond motifs is 1. The number of nitrogens with one attached hydrogen (secondary N) is 2. The van der Waals surface area contributed by atoms with E-state index >= 15 is 0 Å². The summed E-state index contributed by atoms with van der Waals surface area (Å²) in [4.78, 5) is 7.24. The van der Waals surface area contributed by atoms with Crippen molar-refractivity contribution in [1.82, 2.24) is 30.3 Å². The minimum atomic E-state index is 0.312. The van der Waals surface area contributed by atoms with Gasteiger partial charge in [0.1, 0.15) is 5.82 Å². The van der Waals surface area contributed by atoms with Gasteiger partial charge in [-0.05, 0) is 45.2 Å². The molecule has 0 radical (unpaired) electrons. The van der Waals surface area contributed by atoms with Crippen LogP contribution in [0.2, 0.25) is 0 Å². The van der Waals surface area contributed by atoms with Crippen molar-refractivity contribution in [3.8, 4) is 0 Å². The largest absolute Gasteiger partial charge is 0.355 e. The highest BCUT2D eigenvalue weighted by molar-refractivity contribution is 5.79. The Kier molecular flexibility index (Phi) is 5.95. The minimum absolute atomic E-state index is 0.312. The first kappa shape index (κ1) is 18.7. The van der Waals surface area contributed by atoms with Crippen LogP contribution in [-0.2, 0) is 19.5 Å². The second kappa shape index (κ2) is 8.59. The Balaban J connectivity index is 1.35. The average molecular weight is 374 g/mol. The van der Waals surface area contributed by atoms with Crippen molar-refractivity contribution in [2.45, 2.75) is 82.8 Å². The molecule has 1 saturated heterocycles. The number of likely N-dealkylation sites (tertiary alicyclic amines) is 1. The number of piperidine rings is 1. The van der Waals surface area contributed by atoms with Gasteiger partial charge in [-0.2, -0.15) is 0 Å². The highest BCUT2D eigenvalue weighted by Crippen LogP contribution is 2.35. The van der Waals surface area contributed by atoms with Crippen molar-refractivity contribution in [1.29, 1.82) is 0 Å². The minimum Gasteiger partial charge on any atom is -0.355 e. The monoisotopic (exact) mass is 373 g/mol. The lowest BCUT2D eigenvalue weighted by atomic mass is 9.79. The van der Waals surface area contributed by atoms with Crippen LogP contribution in [-0.4, -0.2) is 57.8 Å². The van der Waals surface area contributed by atoms with Gasteiger partial charge in [0.05, 0.1) is 6.54 Å². The maximum Gasteiger partial charge on any atom is 0.191 e. The molecule has 1 aromatic rings. The van der Waals surface area contributed by atoms with E-state index in [2.05, 4.69) is 35.3 Å². The van der Waals surface area contributed by atoms with E-state index in [4.69, 9.17) is 0 Å². The molecule has 0 aromatic carbocycles. The zero-order valence-electron chi connectivity index (χ0n) is 16.8. The lowest BCUT2D eigenvalue weighted by Crippen LogP contribution is -2.59. The number of nitrogens with zero attached hydrogens (tertiary/aromatic N) is 5. The quantitative estimate of drug-likeness (QED) is 0.611. The third-order valence-corrected chi connectivity index (χ3v) is 6.72. The van der Waals surface area contributed by atoms with E-state index < -0.39 is 0 Å². The van der Waals surface area contributed by atoms with E-state index in [0.29, 0.717) is 12.1 Å². The van der Waals surface area contributed by atoms with Gasteiger partial charge in [0.2, 0.25) is 0 Å². The number of hydrogen-bond acceptors (Lipinski definition) is 4. The number of rotatable bonds is 5. The van der Waals surface area contributed by atoms with Crippen molar-refractivity contribution in [3.63, 3.8) is 0 Å². The van der Waals surface area contributed by atoms with Crippen molar-refractivity contribution < 1.29 is 0 Å². The van der Waals surface area contributed by atoms with E-state index in [1.807, 2.05) is 7.05 Å². The zero-order valence-corrected chi connectivity index (χ0v) is 16.8. The summed E-state index contributed by atoms with van der Waals surface area (Å²) in [6.45, 7) is 5.25. The molecule has 2 aliphatic heterocycles. The maximum atomic E-state index is 4.46. The standard InChI is InChI=1S/C20H35N7/c1-21-19(22-15-18-25-24-17-9-8-14-27(17)18)23-16-20(10-4-2-5-11-20)26-12-6-3-7-13-26/h2-16H2,1H3,(H2,21,22,23). The van der Waals surface area contributed by atoms with Gasteiger partial charge >= 0.3 is 0 Å². The molecule has 150 valence electrons. The normalized spacial score (nSPS) is 23.2. The number of aliphatic imine (C=N–C) groups is 1. The molecule has 1 aromatic heterocycles. The molecule has 7 nitrogen and oxygen atoms in total. The molecule has 27 heavy (non-hydrogen) atoms. The zero-order chi connectivity index (χ0) is 18.5. The Morgan fingerprint density at radius 3 is 2.52 bits per heavy atom. The van der Waals surface area contributed by atoms with Gasteiger partial charge in [0.15, 0.2) is 11.8 Å². The second-order valence-electron chi connectivity index (χ2n) is 8.40. The topological polar surface area (TPSA) is 70.4 Å². The first-order valence-corrected chi connectivity index (χ1v) is 10.9. The second-order valence-corrected chi connectivity index (χ2v) is 8.40. The van der Waals surface area contributed by atoms with E-state index in [-0.39, 0.29) is 0 Å². The summed E-state index contributed by atoms with van der Waals surface area (Å²) < 4.78 is 2.25. The van der Waals surface area contributed by atoms with Gasteiger partial charge in [-0.25, -0.2) is 0 Å². The Morgan fingerprint density at radius 1 is 0.963 bits per heavy atom. The first-order chi connectivity index (χ1) is 13.3. The number of guanidine groups is 1. The van der Waals surface area contributed by atoms with Gasteiger partial charge in [0, 0.05) is 32.1 Å². The summed E-state index contributed by atoms with van der Waals surface area (Å²) in [5.41, 5.74) is 0.312. The molecule has 0 amide bonds. The molecular weight excluding hydrogens is 338 g/mol. The van der Waals surface area contributed by atoms with Crippen LogP contribution in [0.4, 0.5) is 0 Å². The summed E-state index contributed by atoms with van der Waals surface area (Å²) in [6.07, 6.45) is 13.1. The van der Waals surface area contributed by atoms with Crippen LogP contribution in [0.5, 0.6) is 0 Å². The van der Waals surface area contributed by atoms with E-state index in [1.54, 1.807) is 0 Å². The summed E-state index contributed by atoms with van der Waals surface area (Å²) in [5, 5.41) is 15.7. The molecule has 3 heterocycles.